The van der Waals surface area contributed by atoms with Crippen molar-refractivity contribution in [1.29, 1.82) is 0 Å². The topological polar surface area (TPSA) is 92.0 Å². The summed E-state index contributed by atoms with van der Waals surface area (Å²) in [5, 5.41) is 13.7. The third-order valence-electron chi connectivity index (χ3n) is 4.56. The molecule has 8 heteroatoms. The van der Waals surface area contributed by atoms with Crippen LogP contribution in [0.5, 0.6) is 5.88 Å². The van der Waals surface area contributed by atoms with Crippen LogP contribution in [0.4, 0.5) is 0 Å². The van der Waals surface area contributed by atoms with Gasteiger partial charge in [-0.25, -0.2) is 4.79 Å². The number of hydrogen-bond donors (Lipinski definition) is 1. The number of nitrogens with zero attached hydrogens (tertiary/aromatic N) is 2. The number of carboxylic acid groups (broad SMARTS) is 1. The van der Waals surface area contributed by atoms with Gasteiger partial charge >= 0.3 is 5.97 Å². The van der Waals surface area contributed by atoms with Gasteiger partial charge in [0.05, 0.1) is 25.9 Å². The van der Waals surface area contributed by atoms with E-state index < -0.39 is 11.8 Å². The van der Waals surface area contributed by atoms with E-state index >= 15 is 0 Å². The fourth-order valence-corrected chi connectivity index (χ4v) is 3.28. The molecule has 1 spiro atoms. The van der Waals surface area contributed by atoms with Crippen LogP contribution >= 0.6 is 0 Å². The van der Waals surface area contributed by atoms with Gasteiger partial charge in [0.25, 0.3) is 0 Å². The predicted molar refractivity (Wildman–Crippen MR) is 83.3 cm³/mol. The number of carbonyl (C=O) groups is 1. The lowest BCUT2D eigenvalue weighted by Gasteiger charge is -2.35. The van der Waals surface area contributed by atoms with Crippen LogP contribution in [0, 0.1) is 0 Å². The lowest BCUT2D eigenvalue weighted by atomic mass is 9.90. The van der Waals surface area contributed by atoms with Crippen LogP contribution in [-0.2, 0) is 14.2 Å². The number of methoxy groups -OCH3 is 1. The molecule has 1 aromatic heterocycles. The van der Waals surface area contributed by atoms with Crippen molar-refractivity contribution < 1.29 is 28.8 Å². The molecule has 2 heterocycles. The van der Waals surface area contributed by atoms with Crippen molar-refractivity contribution in [2.75, 3.05) is 33.5 Å². The number of aromatic nitrogens is 2. The molecule has 0 radical (unpaired) electrons. The smallest absolute Gasteiger partial charge is 0.342 e. The van der Waals surface area contributed by atoms with Crippen molar-refractivity contribution >= 4 is 5.97 Å². The van der Waals surface area contributed by atoms with Crippen LogP contribution in [0.3, 0.4) is 0 Å². The summed E-state index contributed by atoms with van der Waals surface area (Å²) in [6.07, 6.45) is 5.51. The summed E-state index contributed by atoms with van der Waals surface area (Å²) in [6, 6.07) is 0.137. The first-order valence-electron chi connectivity index (χ1n) is 8.36. The van der Waals surface area contributed by atoms with Gasteiger partial charge in [0, 0.05) is 39.2 Å². The molecule has 1 aliphatic carbocycles. The van der Waals surface area contributed by atoms with Gasteiger partial charge in [-0.3, -0.25) is 4.68 Å². The summed E-state index contributed by atoms with van der Waals surface area (Å²) in [7, 11) is 1.62. The molecule has 0 amide bonds. The Labute approximate surface area is 140 Å². The van der Waals surface area contributed by atoms with E-state index in [1.54, 1.807) is 18.0 Å². The van der Waals surface area contributed by atoms with E-state index in [4.69, 9.17) is 18.9 Å². The maximum Gasteiger partial charge on any atom is 0.342 e. The van der Waals surface area contributed by atoms with Gasteiger partial charge in [-0.05, 0) is 12.8 Å². The molecule has 0 atom stereocenters. The van der Waals surface area contributed by atoms with Crippen LogP contribution in [0.2, 0.25) is 0 Å². The Hall–Kier alpha value is -1.64. The van der Waals surface area contributed by atoms with Gasteiger partial charge in [-0.15, -0.1) is 5.10 Å². The van der Waals surface area contributed by atoms with Gasteiger partial charge in [-0.1, -0.05) is 0 Å². The standard InChI is InChI=1S/C16H24N2O6/c1-21-7-2-8-22-14-13(15(19)20)11-18(17-14)12-3-5-16(6-4-12)23-9-10-24-16/h11-12H,2-10H2,1H3,(H,19,20). The van der Waals surface area contributed by atoms with Gasteiger partial charge in [0.1, 0.15) is 5.56 Å². The SMILES string of the molecule is COCCCOc1nn(C2CCC3(CC2)OCCO3)cc1C(=O)O. The molecule has 1 aromatic rings. The molecule has 1 aliphatic heterocycles. The fourth-order valence-electron chi connectivity index (χ4n) is 3.28. The summed E-state index contributed by atoms with van der Waals surface area (Å²) in [5.74, 6) is -1.29. The van der Waals surface area contributed by atoms with Gasteiger partial charge in [0.15, 0.2) is 5.79 Å². The van der Waals surface area contributed by atoms with E-state index in [1.165, 1.54) is 0 Å². The second-order valence-electron chi connectivity index (χ2n) is 6.17. The summed E-state index contributed by atoms with van der Waals surface area (Å²) >= 11 is 0. The summed E-state index contributed by atoms with van der Waals surface area (Å²) in [5.41, 5.74) is 0.0982. The normalized spacial score (nSPS) is 20.5. The minimum absolute atomic E-state index is 0.0982. The van der Waals surface area contributed by atoms with Crippen molar-refractivity contribution in [3.63, 3.8) is 0 Å². The van der Waals surface area contributed by atoms with Crippen LogP contribution in [-0.4, -0.2) is 60.2 Å². The Balaban J connectivity index is 1.64. The molecule has 3 rings (SSSR count). The highest BCUT2D eigenvalue weighted by molar-refractivity contribution is 5.89. The Kier molecular flexibility index (Phi) is 5.37. The molecule has 1 N–H and O–H groups in total. The largest absolute Gasteiger partial charge is 0.477 e. The highest BCUT2D eigenvalue weighted by Gasteiger charge is 2.41. The third-order valence-corrected chi connectivity index (χ3v) is 4.56. The quantitative estimate of drug-likeness (QED) is 0.757. The zero-order valence-corrected chi connectivity index (χ0v) is 13.9. The van der Waals surface area contributed by atoms with Crippen LogP contribution in [0.15, 0.2) is 6.20 Å². The molecule has 8 nitrogen and oxygen atoms in total. The van der Waals surface area contributed by atoms with E-state index in [0.29, 0.717) is 32.8 Å². The molecule has 2 fully saturated rings. The number of aromatic carboxylic acids is 1. The van der Waals surface area contributed by atoms with Gasteiger partial charge in [-0.2, -0.15) is 0 Å². The Morgan fingerprint density at radius 3 is 2.71 bits per heavy atom. The average molecular weight is 340 g/mol. The minimum Gasteiger partial charge on any atom is -0.477 e. The highest BCUT2D eigenvalue weighted by atomic mass is 16.7. The zero-order valence-electron chi connectivity index (χ0n) is 13.9. The molecular weight excluding hydrogens is 316 g/mol. The molecule has 1 saturated carbocycles. The summed E-state index contributed by atoms with van der Waals surface area (Å²) in [6.45, 7) is 2.23. The number of carboxylic acids is 1. The number of rotatable bonds is 7. The van der Waals surface area contributed by atoms with E-state index in [9.17, 15) is 9.90 Å². The first-order valence-corrected chi connectivity index (χ1v) is 8.36. The number of ether oxygens (including phenoxy) is 4. The first kappa shape index (κ1) is 17.2. The highest BCUT2D eigenvalue weighted by Crippen LogP contribution is 2.40. The molecule has 0 unspecified atom stereocenters. The first-order chi connectivity index (χ1) is 11.6. The second-order valence-corrected chi connectivity index (χ2v) is 6.17. The molecule has 0 bridgehead atoms. The Morgan fingerprint density at radius 1 is 1.38 bits per heavy atom. The summed E-state index contributed by atoms with van der Waals surface area (Å²) in [4.78, 5) is 11.4. The molecule has 1 saturated heterocycles. The maximum atomic E-state index is 11.4. The average Bonchev–Trinajstić information content (AvgIpc) is 3.20. The van der Waals surface area contributed by atoms with Crippen LogP contribution in [0.1, 0.15) is 48.5 Å². The van der Waals surface area contributed by atoms with Crippen molar-refractivity contribution in [1.82, 2.24) is 9.78 Å². The molecule has 0 aromatic carbocycles. The van der Waals surface area contributed by atoms with E-state index in [0.717, 1.165) is 25.7 Å². The Morgan fingerprint density at radius 2 is 2.08 bits per heavy atom. The predicted octanol–water partition coefficient (Wildman–Crippen LogP) is 1.85. The van der Waals surface area contributed by atoms with Crippen LogP contribution in [0.25, 0.3) is 0 Å². The van der Waals surface area contributed by atoms with Crippen molar-refractivity contribution in [2.45, 2.75) is 43.9 Å². The van der Waals surface area contributed by atoms with E-state index in [2.05, 4.69) is 5.10 Å². The van der Waals surface area contributed by atoms with Crippen LogP contribution < -0.4 is 4.74 Å². The minimum atomic E-state index is -1.03. The Bertz CT molecular complexity index is 557. The second kappa shape index (κ2) is 7.50. The monoisotopic (exact) mass is 340 g/mol. The zero-order chi connectivity index (χ0) is 17.0. The van der Waals surface area contributed by atoms with Crippen molar-refractivity contribution in [3.8, 4) is 5.88 Å². The van der Waals surface area contributed by atoms with Crippen molar-refractivity contribution in [3.05, 3.63) is 11.8 Å². The molecule has 2 aliphatic rings. The summed E-state index contributed by atoms with van der Waals surface area (Å²) < 4.78 is 23.7. The van der Waals surface area contributed by atoms with Crippen molar-refractivity contribution in [2.24, 2.45) is 0 Å². The lowest BCUT2D eigenvalue weighted by Crippen LogP contribution is -2.35. The lowest BCUT2D eigenvalue weighted by molar-refractivity contribution is -0.181. The third kappa shape index (κ3) is 3.71. The van der Waals surface area contributed by atoms with Gasteiger partial charge < -0.3 is 24.1 Å². The number of hydrogen-bond acceptors (Lipinski definition) is 6. The van der Waals surface area contributed by atoms with Gasteiger partial charge in [0.2, 0.25) is 5.88 Å². The molecule has 134 valence electrons. The molecular formula is C16H24N2O6. The van der Waals surface area contributed by atoms with E-state index in [1.807, 2.05) is 0 Å². The van der Waals surface area contributed by atoms with E-state index in [-0.39, 0.29) is 17.5 Å². The maximum absolute atomic E-state index is 11.4. The molecule has 24 heavy (non-hydrogen) atoms. The fraction of sp³-hybridized carbons (Fsp3) is 0.750.